The first kappa shape index (κ1) is 28.3. The van der Waals surface area contributed by atoms with E-state index >= 15 is 0 Å². The molecule has 7 heteroatoms. The topological polar surface area (TPSA) is 49.8 Å². The summed E-state index contributed by atoms with van der Waals surface area (Å²) in [7, 11) is 0. The van der Waals surface area contributed by atoms with Crippen molar-refractivity contribution in [3.8, 4) is 5.75 Å². The van der Waals surface area contributed by atoms with E-state index in [2.05, 4.69) is 18.7 Å². The van der Waals surface area contributed by atoms with Gasteiger partial charge >= 0.3 is 12.1 Å². The van der Waals surface area contributed by atoms with Crippen LogP contribution in [0.5, 0.6) is 5.75 Å². The molecule has 4 nitrogen and oxygen atoms in total. The van der Waals surface area contributed by atoms with E-state index in [9.17, 15) is 23.1 Å². The van der Waals surface area contributed by atoms with E-state index in [-0.39, 0.29) is 41.2 Å². The zero-order chi connectivity index (χ0) is 27.7. The molecule has 4 aliphatic rings. The highest BCUT2D eigenvalue weighted by Gasteiger charge is 2.43. The van der Waals surface area contributed by atoms with Crippen molar-refractivity contribution in [1.82, 2.24) is 4.90 Å². The number of nitrogens with zero attached hydrogens (tertiary/aromatic N) is 1. The van der Waals surface area contributed by atoms with Gasteiger partial charge < -0.3 is 9.84 Å². The lowest BCUT2D eigenvalue weighted by Crippen LogP contribution is -2.51. The summed E-state index contributed by atoms with van der Waals surface area (Å²) in [6.45, 7) is 5.01. The van der Waals surface area contributed by atoms with E-state index in [1.807, 2.05) is 12.1 Å². The van der Waals surface area contributed by atoms with Gasteiger partial charge in [-0.2, -0.15) is 13.2 Å². The third-order valence-corrected chi connectivity index (χ3v) is 9.81. The molecule has 4 atom stereocenters. The van der Waals surface area contributed by atoms with Crippen LogP contribution in [0.25, 0.3) is 10.8 Å². The summed E-state index contributed by atoms with van der Waals surface area (Å²) in [5.41, 5.74) is 0.328. The van der Waals surface area contributed by atoms with Crippen molar-refractivity contribution in [2.45, 2.75) is 109 Å². The molecule has 0 amide bonds. The second-order valence-corrected chi connectivity index (χ2v) is 12.1. The maximum Gasteiger partial charge on any atom is 0.420 e. The number of benzene rings is 2. The summed E-state index contributed by atoms with van der Waals surface area (Å²) in [4.78, 5) is 14.4. The molecule has 0 aromatic heterocycles. The zero-order valence-corrected chi connectivity index (χ0v) is 23.2. The fourth-order valence-corrected chi connectivity index (χ4v) is 7.64. The Morgan fingerprint density at radius 2 is 1.79 bits per heavy atom. The molecular formula is C32H42F3NO3. The quantitative estimate of drug-likeness (QED) is 0.378. The third-order valence-electron chi connectivity index (χ3n) is 9.81. The monoisotopic (exact) mass is 545 g/mol. The standard InChI is InChI=1S/C32H42F3NO3/c1-3-20-9-13-25(14-10-20)39-29-16-12-21-17-22(11-15-26(21)30(29)32(33,34)35)28(4-2)36-19-23-7-5-6-8-24(36)18-27(23)31(37)38/h11-12,15-17,20,23-25,27-28H,3-10,13-14,18-19H2,1-2H3,(H,37,38). The van der Waals surface area contributed by atoms with Gasteiger partial charge in [-0.3, -0.25) is 9.69 Å². The predicted molar refractivity (Wildman–Crippen MR) is 147 cm³/mol. The van der Waals surface area contributed by atoms with E-state index in [4.69, 9.17) is 4.74 Å². The summed E-state index contributed by atoms with van der Waals surface area (Å²) < 4.78 is 49.3. The molecular weight excluding hydrogens is 503 g/mol. The Labute approximate surface area is 229 Å². The molecule has 2 aromatic rings. The van der Waals surface area contributed by atoms with Crippen LogP contribution in [-0.2, 0) is 11.0 Å². The number of ether oxygens (including phenoxy) is 1. The van der Waals surface area contributed by atoms with Crippen LogP contribution in [-0.4, -0.2) is 34.7 Å². The number of piperidine rings is 1. The first-order valence-corrected chi connectivity index (χ1v) is 15.0. The van der Waals surface area contributed by atoms with Gasteiger partial charge in [0.1, 0.15) is 11.3 Å². The van der Waals surface area contributed by atoms with Gasteiger partial charge in [-0.25, -0.2) is 0 Å². The highest BCUT2D eigenvalue weighted by molar-refractivity contribution is 5.89. The van der Waals surface area contributed by atoms with Crippen molar-refractivity contribution in [1.29, 1.82) is 0 Å². The number of carboxylic acid groups (broad SMARTS) is 1. The summed E-state index contributed by atoms with van der Waals surface area (Å²) >= 11 is 0. The number of carboxylic acids is 1. The number of hydrogen-bond acceptors (Lipinski definition) is 3. The molecule has 2 aliphatic carbocycles. The Hall–Kier alpha value is -2.28. The fraction of sp³-hybridized carbons (Fsp3) is 0.656. The zero-order valence-electron chi connectivity index (χ0n) is 23.2. The molecule has 4 fully saturated rings. The van der Waals surface area contributed by atoms with Crippen LogP contribution in [0, 0.1) is 17.8 Å². The summed E-state index contributed by atoms with van der Waals surface area (Å²) in [6.07, 6.45) is 5.55. The largest absolute Gasteiger partial charge is 0.490 e. The lowest BCUT2D eigenvalue weighted by atomic mass is 9.74. The first-order valence-electron chi connectivity index (χ1n) is 15.0. The van der Waals surface area contributed by atoms with Crippen LogP contribution in [0.2, 0.25) is 0 Å². The molecule has 0 radical (unpaired) electrons. The molecule has 0 spiro atoms. The summed E-state index contributed by atoms with van der Waals surface area (Å²) in [6, 6.07) is 8.91. The minimum absolute atomic E-state index is 0.0498. The van der Waals surface area contributed by atoms with Crippen LogP contribution in [0.1, 0.15) is 102 Å². The average molecular weight is 546 g/mol. The number of carbonyl (C=O) groups is 1. The van der Waals surface area contributed by atoms with Gasteiger partial charge in [0, 0.05) is 18.6 Å². The Balaban J connectivity index is 1.44. The van der Waals surface area contributed by atoms with Crippen molar-refractivity contribution < 1.29 is 27.8 Å². The minimum atomic E-state index is -4.52. The third kappa shape index (κ3) is 5.94. The number of alkyl halides is 3. The van der Waals surface area contributed by atoms with Crippen molar-refractivity contribution >= 4 is 16.7 Å². The molecule has 2 aliphatic heterocycles. The first-order chi connectivity index (χ1) is 18.7. The SMILES string of the molecule is CCC1CCC(Oc2ccc3cc(C(CC)N4CC5CCCCC4CC5C(=O)O)ccc3c2C(F)(F)F)CC1. The Kier molecular flexibility index (Phi) is 8.46. The van der Waals surface area contributed by atoms with Crippen LogP contribution >= 0.6 is 0 Å². The fourth-order valence-electron chi connectivity index (χ4n) is 7.64. The van der Waals surface area contributed by atoms with Crippen LogP contribution < -0.4 is 4.74 Å². The van der Waals surface area contributed by atoms with E-state index in [1.165, 1.54) is 6.07 Å². The number of hydrogen-bond donors (Lipinski definition) is 1. The van der Waals surface area contributed by atoms with Crippen LogP contribution in [0.15, 0.2) is 30.3 Å². The molecule has 214 valence electrons. The molecule has 39 heavy (non-hydrogen) atoms. The Morgan fingerprint density at radius 1 is 1.05 bits per heavy atom. The molecule has 2 aromatic carbocycles. The van der Waals surface area contributed by atoms with Crippen molar-refractivity contribution in [2.24, 2.45) is 17.8 Å². The van der Waals surface area contributed by atoms with Crippen molar-refractivity contribution in [2.75, 3.05) is 6.54 Å². The summed E-state index contributed by atoms with van der Waals surface area (Å²) in [5, 5.41) is 10.6. The highest BCUT2D eigenvalue weighted by atomic mass is 19.4. The van der Waals surface area contributed by atoms with E-state index < -0.39 is 17.7 Å². The normalized spacial score (nSPS) is 29.1. The van der Waals surface area contributed by atoms with Crippen molar-refractivity contribution in [3.05, 3.63) is 41.5 Å². The number of fused-ring (bicyclic) bond motifs is 6. The molecule has 6 rings (SSSR count). The van der Waals surface area contributed by atoms with Gasteiger partial charge in [-0.1, -0.05) is 51.3 Å². The molecule has 1 N–H and O–H groups in total. The number of aliphatic carboxylic acids is 1. The van der Waals surface area contributed by atoms with Gasteiger partial charge in [0.2, 0.25) is 0 Å². The average Bonchev–Trinajstić information content (AvgIpc) is 2.89. The van der Waals surface area contributed by atoms with Crippen molar-refractivity contribution in [3.63, 3.8) is 0 Å². The predicted octanol–water partition coefficient (Wildman–Crippen LogP) is 8.62. The molecule has 2 saturated heterocycles. The van der Waals surface area contributed by atoms with E-state index in [0.29, 0.717) is 17.7 Å². The van der Waals surface area contributed by atoms with E-state index in [1.54, 1.807) is 12.1 Å². The lowest BCUT2D eigenvalue weighted by Gasteiger charge is -2.48. The second kappa shape index (κ2) is 11.7. The maximum absolute atomic E-state index is 14.4. The number of rotatable bonds is 7. The summed E-state index contributed by atoms with van der Waals surface area (Å²) in [5.74, 6) is -0.285. The van der Waals surface area contributed by atoms with Crippen LogP contribution in [0.3, 0.4) is 0 Å². The van der Waals surface area contributed by atoms with Gasteiger partial charge in [0.15, 0.2) is 0 Å². The van der Waals surface area contributed by atoms with Gasteiger partial charge in [0.05, 0.1) is 12.0 Å². The highest BCUT2D eigenvalue weighted by Crippen LogP contribution is 2.45. The Bertz CT molecular complexity index is 1160. The minimum Gasteiger partial charge on any atom is -0.490 e. The lowest BCUT2D eigenvalue weighted by molar-refractivity contribution is -0.148. The van der Waals surface area contributed by atoms with Crippen LogP contribution in [0.4, 0.5) is 13.2 Å². The van der Waals surface area contributed by atoms with Gasteiger partial charge in [-0.05, 0) is 91.7 Å². The molecule has 4 unspecified atom stereocenters. The smallest absolute Gasteiger partial charge is 0.420 e. The number of halogens is 3. The molecule has 2 saturated carbocycles. The maximum atomic E-state index is 14.4. The van der Waals surface area contributed by atoms with E-state index in [0.717, 1.165) is 76.3 Å². The molecule has 2 bridgehead atoms. The van der Waals surface area contributed by atoms with Gasteiger partial charge in [0.25, 0.3) is 0 Å². The van der Waals surface area contributed by atoms with Gasteiger partial charge in [-0.15, -0.1) is 0 Å². The second-order valence-electron chi connectivity index (χ2n) is 12.1. The Morgan fingerprint density at radius 3 is 2.46 bits per heavy atom. The molecule has 2 heterocycles.